The maximum atomic E-state index is 5.41. The van der Waals surface area contributed by atoms with Crippen LogP contribution in [0, 0.1) is 5.41 Å². The summed E-state index contributed by atoms with van der Waals surface area (Å²) in [4.78, 5) is 0. The third-order valence-corrected chi connectivity index (χ3v) is 2.68. The van der Waals surface area contributed by atoms with Gasteiger partial charge in [-0.05, 0) is 6.42 Å². The fourth-order valence-electron chi connectivity index (χ4n) is 1.40. The largest absolute Gasteiger partial charge is 0.380 e. The maximum Gasteiger partial charge on any atom is 0.152 e. The number of methoxy groups -OCH3 is 1. The highest BCUT2D eigenvalue weighted by Gasteiger charge is 2.36. The Kier molecular flexibility index (Phi) is 7.67. The van der Waals surface area contributed by atoms with E-state index in [1.807, 2.05) is 0 Å². The molecule has 1 fully saturated rings. The van der Waals surface area contributed by atoms with E-state index in [9.17, 15) is 0 Å². The predicted octanol–water partition coefficient (Wildman–Crippen LogP) is 0.956. The van der Waals surface area contributed by atoms with Crippen LogP contribution in [0.4, 0.5) is 0 Å². The van der Waals surface area contributed by atoms with E-state index >= 15 is 0 Å². The summed E-state index contributed by atoms with van der Waals surface area (Å²) in [6, 6.07) is 0. The summed E-state index contributed by atoms with van der Waals surface area (Å²) in [5.41, 5.74) is 0.200. The monoisotopic (exact) mass is 250 g/mol. The van der Waals surface area contributed by atoms with Crippen LogP contribution in [0.1, 0.15) is 13.3 Å². The van der Waals surface area contributed by atoms with Crippen LogP contribution < -0.4 is 0 Å². The number of ether oxygens (including phenoxy) is 6. The van der Waals surface area contributed by atoms with E-state index < -0.39 is 0 Å². The van der Waals surface area contributed by atoms with E-state index in [1.54, 1.807) is 7.11 Å². The predicted molar refractivity (Wildman–Crippen MR) is 59.2 cm³/mol. The Balaban J connectivity index is 1.81. The molecule has 0 aliphatic carbocycles. The van der Waals surface area contributed by atoms with Gasteiger partial charge in [0.1, 0.15) is 13.6 Å². The summed E-state index contributed by atoms with van der Waals surface area (Å²) >= 11 is 0. The smallest absolute Gasteiger partial charge is 0.152 e. The number of hydrogen-bond donors (Lipinski definition) is 0. The van der Waals surface area contributed by atoms with Crippen molar-refractivity contribution in [2.45, 2.75) is 13.3 Å². The van der Waals surface area contributed by atoms with Gasteiger partial charge in [0.05, 0.1) is 19.8 Å². The van der Waals surface area contributed by atoms with Gasteiger partial charge in [-0.2, -0.15) is 0 Å². The van der Waals surface area contributed by atoms with Crippen LogP contribution in [0.3, 0.4) is 0 Å². The second-order valence-electron chi connectivity index (χ2n) is 4.07. The van der Waals surface area contributed by atoms with Gasteiger partial charge in [-0.25, -0.2) is 0 Å². The highest BCUT2D eigenvalue weighted by Crippen LogP contribution is 2.31. The van der Waals surface area contributed by atoms with Gasteiger partial charge in [0, 0.05) is 12.5 Å². The molecule has 17 heavy (non-hydrogen) atoms. The minimum absolute atomic E-state index is 0.152. The SMILES string of the molecule is CCC1(COCOCOCOCOC)COC1. The molecule has 0 radical (unpaired) electrons. The van der Waals surface area contributed by atoms with Crippen LogP contribution in [0.5, 0.6) is 0 Å². The molecule has 1 aliphatic rings. The molecule has 0 atom stereocenters. The maximum absolute atomic E-state index is 5.41. The first-order chi connectivity index (χ1) is 8.33. The van der Waals surface area contributed by atoms with Crippen LogP contribution in [0.15, 0.2) is 0 Å². The molecule has 6 heteroatoms. The lowest BCUT2D eigenvalue weighted by Gasteiger charge is -2.40. The molecule has 0 saturated carbocycles. The molecule has 102 valence electrons. The molecule has 1 heterocycles. The lowest BCUT2D eigenvalue weighted by molar-refractivity contribution is -0.209. The molecular formula is C11H22O6. The van der Waals surface area contributed by atoms with Crippen LogP contribution in [-0.2, 0) is 28.4 Å². The zero-order chi connectivity index (χ0) is 12.4. The molecule has 0 bridgehead atoms. The van der Waals surface area contributed by atoms with E-state index in [-0.39, 0.29) is 32.6 Å². The molecule has 0 aromatic rings. The van der Waals surface area contributed by atoms with E-state index in [4.69, 9.17) is 23.7 Å². The average molecular weight is 250 g/mol. The number of rotatable bonds is 11. The van der Waals surface area contributed by atoms with Crippen molar-refractivity contribution in [2.24, 2.45) is 5.41 Å². The van der Waals surface area contributed by atoms with E-state index in [2.05, 4.69) is 11.7 Å². The zero-order valence-electron chi connectivity index (χ0n) is 10.6. The minimum Gasteiger partial charge on any atom is -0.380 e. The molecule has 0 N–H and O–H groups in total. The second-order valence-corrected chi connectivity index (χ2v) is 4.07. The average Bonchev–Trinajstić information content (AvgIpc) is 2.30. The summed E-state index contributed by atoms with van der Waals surface area (Å²) in [6.45, 7) is 5.13. The van der Waals surface area contributed by atoms with E-state index in [0.717, 1.165) is 19.6 Å². The Hall–Kier alpha value is -0.240. The summed E-state index contributed by atoms with van der Waals surface area (Å²) in [5.74, 6) is 0. The molecule has 0 spiro atoms. The van der Waals surface area contributed by atoms with Gasteiger partial charge in [0.2, 0.25) is 0 Å². The molecule has 0 aromatic heterocycles. The number of hydrogen-bond acceptors (Lipinski definition) is 6. The van der Waals surface area contributed by atoms with Crippen LogP contribution in [0.25, 0.3) is 0 Å². The van der Waals surface area contributed by atoms with E-state index in [1.165, 1.54) is 0 Å². The Morgan fingerprint density at radius 3 is 2.00 bits per heavy atom. The summed E-state index contributed by atoms with van der Waals surface area (Å²) in [5, 5.41) is 0. The van der Waals surface area contributed by atoms with Crippen molar-refractivity contribution in [3.8, 4) is 0 Å². The van der Waals surface area contributed by atoms with Gasteiger partial charge in [0.25, 0.3) is 0 Å². The normalized spacial score (nSPS) is 18.0. The molecule has 0 unspecified atom stereocenters. The molecule has 1 rings (SSSR count). The highest BCUT2D eigenvalue weighted by molar-refractivity contribution is 4.83. The van der Waals surface area contributed by atoms with Crippen LogP contribution >= 0.6 is 0 Å². The summed E-state index contributed by atoms with van der Waals surface area (Å²) in [7, 11) is 1.55. The minimum atomic E-state index is 0.152. The Labute approximate surface area is 102 Å². The molecule has 6 nitrogen and oxygen atoms in total. The van der Waals surface area contributed by atoms with Gasteiger partial charge in [-0.3, -0.25) is 0 Å². The Morgan fingerprint density at radius 2 is 1.53 bits per heavy atom. The fourth-order valence-corrected chi connectivity index (χ4v) is 1.40. The van der Waals surface area contributed by atoms with Crippen LogP contribution in [0.2, 0.25) is 0 Å². The molecular weight excluding hydrogens is 228 g/mol. The van der Waals surface area contributed by atoms with Crippen molar-refractivity contribution in [1.29, 1.82) is 0 Å². The third kappa shape index (κ3) is 5.76. The fraction of sp³-hybridized carbons (Fsp3) is 1.00. The highest BCUT2D eigenvalue weighted by atomic mass is 16.8. The first kappa shape index (κ1) is 14.8. The van der Waals surface area contributed by atoms with Gasteiger partial charge >= 0.3 is 0 Å². The first-order valence-corrected chi connectivity index (χ1v) is 5.70. The molecule has 0 amide bonds. The second kappa shape index (κ2) is 8.79. The van der Waals surface area contributed by atoms with Crippen molar-refractivity contribution >= 4 is 0 Å². The molecule has 0 aromatic carbocycles. The Morgan fingerprint density at radius 1 is 0.941 bits per heavy atom. The summed E-state index contributed by atoms with van der Waals surface area (Å²) in [6.07, 6.45) is 1.06. The lowest BCUT2D eigenvalue weighted by Crippen LogP contribution is -2.45. The van der Waals surface area contributed by atoms with Crippen molar-refractivity contribution in [1.82, 2.24) is 0 Å². The van der Waals surface area contributed by atoms with Crippen molar-refractivity contribution in [2.75, 3.05) is 54.1 Å². The third-order valence-electron chi connectivity index (χ3n) is 2.68. The lowest BCUT2D eigenvalue weighted by atomic mass is 9.84. The van der Waals surface area contributed by atoms with Crippen molar-refractivity contribution < 1.29 is 28.4 Å². The molecule has 1 aliphatic heterocycles. The van der Waals surface area contributed by atoms with Crippen molar-refractivity contribution in [3.05, 3.63) is 0 Å². The van der Waals surface area contributed by atoms with Gasteiger partial charge in [0.15, 0.2) is 13.6 Å². The first-order valence-electron chi connectivity index (χ1n) is 5.70. The zero-order valence-corrected chi connectivity index (χ0v) is 10.6. The van der Waals surface area contributed by atoms with Gasteiger partial charge in [-0.1, -0.05) is 6.92 Å². The van der Waals surface area contributed by atoms with Crippen molar-refractivity contribution in [3.63, 3.8) is 0 Å². The standard InChI is InChI=1S/C11H22O6/c1-3-11(4-13-5-11)6-14-8-16-10-17-9-15-7-12-2/h3-10H2,1-2H3. The van der Waals surface area contributed by atoms with E-state index in [0.29, 0.717) is 6.61 Å². The van der Waals surface area contributed by atoms with Gasteiger partial charge < -0.3 is 28.4 Å². The molecule has 1 saturated heterocycles. The topological polar surface area (TPSA) is 55.4 Å². The van der Waals surface area contributed by atoms with Gasteiger partial charge in [-0.15, -0.1) is 0 Å². The summed E-state index contributed by atoms with van der Waals surface area (Å²) < 4.78 is 30.3. The Bertz CT molecular complexity index is 177. The quantitative estimate of drug-likeness (QED) is 0.402. The van der Waals surface area contributed by atoms with Crippen LogP contribution in [-0.4, -0.2) is 54.1 Å².